The van der Waals surface area contributed by atoms with Crippen LogP contribution in [0.4, 0.5) is 5.95 Å². The minimum atomic E-state index is -3.67. The van der Waals surface area contributed by atoms with Crippen molar-refractivity contribution < 1.29 is 17.4 Å². The topological polar surface area (TPSA) is 149 Å². The first-order valence-electron chi connectivity index (χ1n) is 6.56. The summed E-state index contributed by atoms with van der Waals surface area (Å²) in [5.41, 5.74) is 7.03. The Hall–Kier alpha value is -3.05. The summed E-state index contributed by atoms with van der Waals surface area (Å²) in [7, 11) is -3.67. The normalized spacial score (nSPS) is 11.4. The summed E-state index contributed by atoms with van der Waals surface area (Å²) < 4.78 is 32.6. The fourth-order valence-electron chi connectivity index (χ4n) is 1.97. The maximum atomic E-state index is 9.19. The van der Waals surface area contributed by atoms with Crippen LogP contribution in [0.3, 0.4) is 0 Å². The van der Waals surface area contributed by atoms with E-state index in [2.05, 4.69) is 20.1 Å². The molecular formula is C13H12N6O4S. The maximum absolute atomic E-state index is 9.19. The molecule has 0 fully saturated rings. The third-order valence-electron chi connectivity index (χ3n) is 2.81. The van der Waals surface area contributed by atoms with Gasteiger partial charge >= 0.3 is 0 Å². The van der Waals surface area contributed by atoms with Crippen molar-refractivity contribution in [1.29, 1.82) is 0 Å². The Kier molecular flexibility index (Phi) is 3.87. The molecule has 0 aliphatic rings. The van der Waals surface area contributed by atoms with Crippen LogP contribution in [0.5, 0.6) is 0 Å². The lowest BCUT2D eigenvalue weighted by molar-refractivity contribution is 0.490. The molecule has 0 amide bonds. The highest BCUT2D eigenvalue weighted by Gasteiger charge is 2.14. The second kappa shape index (κ2) is 5.86. The van der Waals surface area contributed by atoms with Crippen molar-refractivity contribution in [2.45, 2.75) is 0 Å². The van der Waals surface area contributed by atoms with E-state index in [0.717, 1.165) is 5.39 Å². The Balaban J connectivity index is 0.000000300. The average molecular weight is 348 g/mol. The van der Waals surface area contributed by atoms with Crippen molar-refractivity contribution in [1.82, 2.24) is 24.6 Å². The molecule has 0 spiro atoms. The Morgan fingerprint density at radius 1 is 1.25 bits per heavy atom. The van der Waals surface area contributed by atoms with Crippen LogP contribution in [-0.2, 0) is 10.1 Å². The van der Waals surface area contributed by atoms with E-state index in [1.807, 2.05) is 12.1 Å². The third kappa shape index (κ3) is 3.31. The lowest BCUT2D eigenvalue weighted by Gasteiger charge is -1.99. The van der Waals surface area contributed by atoms with Gasteiger partial charge in [-0.2, -0.15) is 17.9 Å². The van der Waals surface area contributed by atoms with Gasteiger partial charge in [-0.3, -0.25) is 4.55 Å². The number of pyridine rings is 1. The number of nitrogen functional groups attached to an aromatic ring is 1. The smallest absolute Gasteiger partial charge is 0.261 e. The summed E-state index contributed by atoms with van der Waals surface area (Å²) in [6.07, 6.45) is 3.95. The third-order valence-corrected chi connectivity index (χ3v) is 2.81. The molecule has 0 aliphatic carbocycles. The molecule has 0 aliphatic heterocycles. The van der Waals surface area contributed by atoms with E-state index in [0.29, 0.717) is 29.1 Å². The molecule has 0 bridgehead atoms. The van der Waals surface area contributed by atoms with E-state index >= 15 is 0 Å². The lowest BCUT2D eigenvalue weighted by atomic mass is 10.3. The monoisotopic (exact) mass is 348 g/mol. The van der Waals surface area contributed by atoms with E-state index in [9.17, 15) is 8.42 Å². The summed E-state index contributed by atoms with van der Waals surface area (Å²) in [5.74, 6) is 1.29. The second-order valence-electron chi connectivity index (χ2n) is 4.73. The first-order valence-corrected chi connectivity index (χ1v) is 8.41. The van der Waals surface area contributed by atoms with Gasteiger partial charge in [-0.15, -0.1) is 5.10 Å². The first kappa shape index (κ1) is 15.8. The van der Waals surface area contributed by atoms with Gasteiger partial charge in [-0.25, -0.2) is 9.97 Å². The molecule has 0 saturated heterocycles. The van der Waals surface area contributed by atoms with Crippen molar-refractivity contribution in [3.63, 3.8) is 0 Å². The summed E-state index contributed by atoms with van der Waals surface area (Å²) in [4.78, 5) is 12.8. The molecule has 24 heavy (non-hydrogen) atoms. The zero-order chi connectivity index (χ0) is 17.3. The SMILES string of the molecule is CS(=O)(=O)O.Nc1nc2ncccc2c2nc(-c3ccco3)nn12. The molecular weight excluding hydrogens is 336 g/mol. The summed E-state index contributed by atoms with van der Waals surface area (Å²) in [5, 5.41) is 5.09. The quantitative estimate of drug-likeness (QED) is 0.480. The highest BCUT2D eigenvalue weighted by Crippen LogP contribution is 2.22. The number of furan rings is 1. The highest BCUT2D eigenvalue weighted by molar-refractivity contribution is 7.85. The fraction of sp³-hybridized carbons (Fsp3) is 0.0769. The van der Waals surface area contributed by atoms with Gasteiger partial charge in [0.1, 0.15) is 0 Å². The van der Waals surface area contributed by atoms with Crippen LogP contribution in [0.2, 0.25) is 0 Å². The van der Waals surface area contributed by atoms with Crippen LogP contribution in [0.1, 0.15) is 0 Å². The zero-order valence-electron chi connectivity index (χ0n) is 12.4. The van der Waals surface area contributed by atoms with Gasteiger partial charge < -0.3 is 10.2 Å². The standard InChI is InChI=1S/C12H8N6O.CH4O3S/c13-12-16-9-7(3-1-5-14-9)11-15-10(17-18(11)12)8-4-2-6-19-8;1-5(2,3)4/h1-6H,(H2,13,14,16);1H3,(H,2,3,4). The number of nitrogens with zero attached hydrogens (tertiary/aromatic N) is 5. The Labute approximate surface area is 135 Å². The molecule has 0 atom stereocenters. The minimum Gasteiger partial charge on any atom is -0.461 e. The van der Waals surface area contributed by atoms with Crippen molar-refractivity contribution in [3.05, 3.63) is 36.7 Å². The van der Waals surface area contributed by atoms with Gasteiger partial charge in [0.15, 0.2) is 17.1 Å². The van der Waals surface area contributed by atoms with Crippen molar-refractivity contribution in [2.24, 2.45) is 0 Å². The van der Waals surface area contributed by atoms with E-state index in [1.54, 1.807) is 24.6 Å². The van der Waals surface area contributed by atoms with Gasteiger partial charge in [0.05, 0.1) is 17.9 Å². The number of rotatable bonds is 1. The highest BCUT2D eigenvalue weighted by atomic mass is 32.2. The number of fused-ring (bicyclic) bond motifs is 3. The predicted molar refractivity (Wildman–Crippen MR) is 85.7 cm³/mol. The van der Waals surface area contributed by atoms with Crippen LogP contribution < -0.4 is 5.73 Å². The van der Waals surface area contributed by atoms with Crippen LogP contribution in [0.25, 0.3) is 28.3 Å². The predicted octanol–water partition coefficient (Wildman–Crippen LogP) is 1.02. The minimum absolute atomic E-state index is 0.242. The Morgan fingerprint density at radius 3 is 2.67 bits per heavy atom. The number of anilines is 1. The van der Waals surface area contributed by atoms with Gasteiger partial charge in [-0.1, -0.05) is 0 Å². The molecule has 0 saturated carbocycles. The van der Waals surface area contributed by atoms with E-state index in [-0.39, 0.29) is 5.95 Å². The average Bonchev–Trinajstić information content (AvgIpc) is 3.15. The molecule has 4 heterocycles. The fourth-order valence-corrected chi connectivity index (χ4v) is 1.97. The second-order valence-corrected chi connectivity index (χ2v) is 6.19. The Bertz CT molecular complexity index is 1100. The summed E-state index contributed by atoms with van der Waals surface area (Å²) in [6, 6.07) is 7.27. The van der Waals surface area contributed by atoms with E-state index in [1.165, 1.54) is 4.52 Å². The molecule has 3 N–H and O–H groups in total. The zero-order valence-corrected chi connectivity index (χ0v) is 13.2. The molecule has 0 unspecified atom stereocenters. The van der Waals surface area contributed by atoms with Crippen LogP contribution in [0, 0.1) is 0 Å². The van der Waals surface area contributed by atoms with Gasteiger partial charge in [0, 0.05) is 6.20 Å². The van der Waals surface area contributed by atoms with Gasteiger partial charge in [0.25, 0.3) is 10.1 Å². The number of hydrogen-bond acceptors (Lipinski definition) is 8. The van der Waals surface area contributed by atoms with E-state index in [4.69, 9.17) is 14.7 Å². The van der Waals surface area contributed by atoms with Crippen molar-refractivity contribution in [2.75, 3.05) is 12.0 Å². The lowest BCUT2D eigenvalue weighted by Crippen LogP contribution is -2.03. The summed E-state index contributed by atoms with van der Waals surface area (Å²) >= 11 is 0. The molecule has 10 nitrogen and oxygen atoms in total. The van der Waals surface area contributed by atoms with Gasteiger partial charge in [0.2, 0.25) is 11.8 Å². The molecule has 0 radical (unpaired) electrons. The van der Waals surface area contributed by atoms with Crippen molar-refractivity contribution >= 4 is 32.7 Å². The van der Waals surface area contributed by atoms with Crippen LogP contribution in [-0.4, -0.2) is 43.8 Å². The van der Waals surface area contributed by atoms with Gasteiger partial charge in [-0.05, 0) is 24.3 Å². The molecule has 11 heteroatoms. The maximum Gasteiger partial charge on any atom is 0.261 e. The largest absolute Gasteiger partial charge is 0.461 e. The van der Waals surface area contributed by atoms with E-state index < -0.39 is 10.1 Å². The summed E-state index contributed by atoms with van der Waals surface area (Å²) in [6.45, 7) is 0. The molecule has 4 rings (SSSR count). The Morgan fingerprint density at radius 2 is 2.00 bits per heavy atom. The molecule has 0 aromatic carbocycles. The number of nitrogens with two attached hydrogens (primary N) is 1. The number of aromatic nitrogens is 5. The van der Waals surface area contributed by atoms with Crippen LogP contribution in [0.15, 0.2) is 41.1 Å². The van der Waals surface area contributed by atoms with Crippen molar-refractivity contribution in [3.8, 4) is 11.6 Å². The number of hydrogen-bond donors (Lipinski definition) is 2. The molecule has 4 aromatic heterocycles. The molecule has 4 aromatic rings. The first-order chi connectivity index (χ1) is 11.3. The molecule has 124 valence electrons. The van der Waals surface area contributed by atoms with Crippen LogP contribution >= 0.6 is 0 Å².